The molecule has 0 aliphatic heterocycles. The lowest BCUT2D eigenvalue weighted by Crippen LogP contribution is -2.30. The summed E-state index contributed by atoms with van der Waals surface area (Å²) in [5.74, 6) is 0. The molecule has 0 N–H and O–H groups in total. The third-order valence-electron chi connectivity index (χ3n) is 4.81. The summed E-state index contributed by atoms with van der Waals surface area (Å²) in [5.41, 5.74) is 0. The van der Waals surface area contributed by atoms with Crippen LogP contribution in [0.15, 0.2) is 0 Å². The Morgan fingerprint density at radius 1 is 0.529 bits per heavy atom. The summed E-state index contributed by atoms with van der Waals surface area (Å²) in [6.07, 6.45) is 11.8. The second kappa shape index (κ2) is 11.3. The topological polar surface area (TPSA) is 0 Å². The zero-order valence-corrected chi connectivity index (χ0v) is 14.0. The van der Waals surface area contributed by atoms with E-state index in [1.165, 1.54) is 69.5 Å². The molecule has 0 aromatic carbocycles. The van der Waals surface area contributed by atoms with Crippen molar-refractivity contribution in [2.75, 3.05) is 0 Å². The van der Waals surface area contributed by atoms with Crippen molar-refractivity contribution in [3.63, 3.8) is 0 Å². The molecule has 0 bridgehead atoms. The number of rotatable bonds is 12. The van der Waals surface area contributed by atoms with Gasteiger partial charge in [-0.05, 0) is 0 Å². The first-order valence-electron chi connectivity index (χ1n) is 8.24. The van der Waals surface area contributed by atoms with Crippen LogP contribution in [0.2, 0.25) is 24.2 Å². The average Bonchev–Trinajstić information content (AvgIpc) is 2.38. The van der Waals surface area contributed by atoms with Gasteiger partial charge in [0.1, 0.15) is 0 Å². The minimum Gasteiger partial charge on any atom is -0.0678 e. The van der Waals surface area contributed by atoms with E-state index >= 15 is 0 Å². The Morgan fingerprint density at radius 2 is 0.941 bits per heavy atom. The quantitative estimate of drug-likeness (QED) is 0.271. The van der Waals surface area contributed by atoms with Gasteiger partial charge in [-0.3, -0.25) is 0 Å². The van der Waals surface area contributed by atoms with Crippen LogP contribution >= 0.6 is 0 Å². The van der Waals surface area contributed by atoms with Crippen molar-refractivity contribution < 1.29 is 0 Å². The summed E-state index contributed by atoms with van der Waals surface area (Å²) < 4.78 is 0. The van der Waals surface area contributed by atoms with Crippen molar-refractivity contribution in [1.82, 2.24) is 0 Å². The average molecular weight is 257 g/mol. The summed E-state index contributed by atoms with van der Waals surface area (Å²) in [6.45, 7) is 9.60. The Bertz CT molecular complexity index is 141. The molecule has 1 heteroatoms. The van der Waals surface area contributed by atoms with Crippen LogP contribution in [0, 0.1) is 0 Å². The lowest BCUT2D eigenvalue weighted by atomic mass is 10.1. The maximum absolute atomic E-state index is 2.43. The molecule has 0 saturated carbocycles. The Hall–Kier alpha value is 0.217. The molecule has 17 heavy (non-hydrogen) atoms. The van der Waals surface area contributed by atoms with Crippen LogP contribution in [0.1, 0.15) is 79.1 Å². The minimum absolute atomic E-state index is 0.799. The first-order chi connectivity index (χ1) is 8.24. The van der Waals surface area contributed by atoms with Crippen LogP contribution in [-0.2, 0) is 0 Å². The second-order valence-electron chi connectivity index (χ2n) is 5.79. The molecule has 0 aromatic heterocycles. The number of hydrogen-bond donors (Lipinski definition) is 0. The third-order valence-corrected chi connectivity index (χ3v) is 10.7. The normalized spacial score (nSPS) is 12.0. The highest BCUT2D eigenvalue weighted by atomic mass is 28.3. The van der Waals surface area contributed by atoms with Gasteiger partial charge in [-0.2, -0.15) is 0 Å². The van der Waals surface area contributed by atoms with Gasteiger partial charge in [0.25, 0.3) is 0 Å². The van der Waals surface area contributed by atoms with Gasteiger partial charge in [0, 0.05) is 0 Å². The van der Waals surface area contributed by atoms with E-state index in [0.29, 0.717) is 0 Å². The molecule has 104 valence electrons. The van der Waals surface area contributed by atoms with Gasteiger partial charge in [0.15, 0.2) is 0 Å². The van der Waals surface area contributed by atoms with Crippen LogP contribution in [-0.4, -0.2) is 8.07 Å². The van der Waals surface area contributed by atoms with E-state index < -0.39 is 8.07 Å². The van der Waals surface area contributed by atoms with Gasteiger partial charge >= 0.3 is 0 Å². The van der Waals surface area contributed by atoms with E-state index in [9.17, 15) is 0 Å². The zero-order valence-electron chi connectivity index (χ0n) is 13.0. The van der Waals surface area contributed by atoms with Crippen molar-refractivity contribution in [3.05, 3.63) is 0 Å². The van der Waals surface area contributed by atoms with Crippen LogP contribution in [0.25, 0.3) is 0 Å². The summed E-state index contributed by atoms with van der Waals surface area (Å²) in [5, 5.41) is 0. The Balaban J connectivity index is 3.43. The van der Waals surface area contributed by atoms with Gasteiger partial charge < -0.3 is 0 Å². The molecule has 0 fully saturated rings. The molecule has 0 rings (SSSR count). The molecular weight excluding hydrogens is 220 g/mol. The minimum atomic E-state index is -0.799. The number of hydrogen-bond acceptors (Lipinski definition) is 0. The lowest BCUT2D eigenvalue weighted by molar-refractivity contribution is 0.583. The first-order valence-corrected chi connectivity index (χ1v) is 11.1. The summed E-state index contributed by atoms with van der Waals surface area (Å²) in [7, 11) is -0.799. The number of unbranched alkanes of at least 4 members (excludes halogenated alkanes) is 7. The Morgan fingerprint density at radius 3 is 1.35 bits per heavy atom. The predicted octanol–water partition coefficient (Wildman–Crippen LogP) is 6.64. The summed E-state index contributed by atoms with van der Waals surface area (Å²) >= 11 is 0. The highest BCUT2D eigenvalue weighted by Gasteiger charge is 2.25. The van der Waals surface area contributed by atoms with E-state index in [1.54, 1.807) is 6.04 Å². The van der Waals surface area contributed by atoms with Crippen molar-refractivity contribution in [1.29, 1.82) is 0 Å². The highest BCUT2D eigenvalue weighted by Crippen LogP contribution is 2.27. The lowest BCUT2D eigenvalue weighted by Gasteiger charge is -2.28. The third kappa shape index (κ3) is 8.02. The molecule has 0 aliphatic rings. The van der Waals surface area contributed by atoms with E-state index in [2.05, 4.69) is 27.7 Å². The fourth-order valence-electron chi connectivity index (χ4n) is 2.91. The van der Waals surface area contributed by atoms with Crippen LogP contribution in [0.4, 0.5) is 0 Å². The van der Waals surface area contributed by atoms with Crippen molar-refractivity contribution in [2.24, 2.45) is 0 Å². The van der Waals surface area contributed by atoms with Gasteiger partial charge in [0.2, 0.25) is 0 Å². The summed E-state index contributed by atoms with van der Waals surface area (Å²) in [6, 6.07) is 6.13. The van der Waals surface area contributed by atoms with Crippen LogP contribution in [0.5, 0.6) is 0 Å². The van der Waals surface area contributed by atoms with E-state index in [0.717, 1.165) is 0 Å². The molecule has 0 spiro atoms. The first kappa shape index (κ1) is 17.2. The SMILES string of the molecule is CCCCCCCCCC[Si](CC)(CC)CC. The monoisotopic (exact) mass is 256 g/mol. The maximum atomic E-state index is 2.43. The van der Waals surface area contributed by atoms with E-state index in [4.69, 9.17) is 0 Å². The molecule has 0 saturated heterocycles. The fourth-order valence-corrected chi connectivity index (χ4v) is 6.47. The smallest absolute Gasteiger partial charge is 0.0527 e. The van der Waals surface area contributed by atoms with Gasteiger partial charge in [0.05, 0.1) is 8.07 Å². The molecule has 0 amide bonds. The Labute approximate surface area is 112 Å². The van der Waals surface area contributed by atoms with Gasteiger partial charge in [-0.1, -0.05) is 103 Å². The van der Waals surface area contributed by atoms with Crippen molar-refractivity contribution >= 4 is 8.07 Å². The Kier molecular flexibility index (Phi) is 11.5. The fraction of sp³-hybridized carbons (Fsp3) is 1.00. The van der Waals surface area contributed by atoms with Gasteiger partial charge in [-0.25, -0.2) is 0 Å². The van der Waals surface area contributed by atoms with Gasteiger partial charge in [-0.15, -0.1) is 0 Å². The van der Waals surface area contributed by atoms with Crippen molar-refractivity contribution in [2.45, 2.75) is 103 Å². The predicted molar refractivity (Wildman–Crippen MR) is 84.6 cm³/mol. The maximum Gasteiger partial charge on any atom is 0.0527 e. The molecule has 0 aromatic rings. The van der Waals surface area contributed by atoms with Crippen LogP contribution in [0.3, 0.4) is 0 Å². The highest BCUT2D eigenvalue weighted by molar-refractivity contribution is 6.79. The van der Waals surface area contributed by atoms with E-state index in [1.807, 2.05) is 0 Å². The molecule has 0 atom stereocenters. The van der Waals surface area contributed by atoms with Crippen molar-refractivity contribution in [3.8, 4) is 0 Å². The molecule has 0 heterocycles. The molecule has 0 radical (unpaired) electrons. The van der Waals surface area contributed by atoms with Crippen LogP contribution < -0.4 is 0 Å². The van der Waals surface area contributed by atoms with E-state index in [-0.39, 0.29) is 0 Å². The molecular formula is C16H36Si. The molecule has 0 unspecified atom stereocenters. The zero-order chi connectivity index (χ0) is 13.0. The standard InChI is InChI=1S/C16H36Si/c1-5-9-10-11-12-13-14-15-16-17(6-2,7-3)8-4/h5-16H2,1-4H3. The molecule has 0 nitrogen and oxygen atoms in total. The second-order valence-corrected chi connectivity index (χ2v) is 11.4. The largest absolute Gasteiger partial charge is 0.0678 e. The molecule has 0 aliphatic carbocycles. The summed E-state index contributed by atoms with van der Waals surface area (Å²) in [4.78, 5) is 0.